The van der Waals surface area contributed by atoms with Gasteiger partial charge in [-0.05, 0) is 57.7 Å². The fourth-order valence-electron chi connectivity index (χ4n) is 4.22. The number of nitrogens with one attached hydrogen (secondary N) is 1. The number of fused-ring (bicyclic) bond motifs is 3. The molecule has 0 amide bonds. The topological polar surface area (TPSA) is 55.9 Å². The Hall–Kier alpha value is -1.17. The molecule has 4 nitrogen and oxygen atoms in total. The van der Waals surface area contributed by atoms with Crippen molar-refractivity contribution in [2.24, 2.45) is 24.7 Å². The van der Waals surface area contributed by atoms with Gasteiger partial charge in [-0.15, -0.1) is 0 Å². The summed E-state index contributed by atoms with van der Waals surface area (Å²) in [6.07, 6.45) is 4.30. The van der Waals surface area contributed by atoms with Gasteiger partial charge in [0.1, 0.15) is 0 Å². The van der Waals surface area contributed by atoms with Gasteiger partial charge in [-0.3, -0.25) is 16.0 Å². The van der Waals surface area contributed by atoms with Crippen LogP contribution in [0.15, 0.2) is 34.9 Å². The lowest BCUT2D eigenvalue weighted by atomic mass is 9.92. The fourth-order valence-corrected chi connectivity index (χ4v) is 4.81. The summed E-state index contributed by atoms with van der Waals surface area (Å²) >= 11 is 3.61. The summed E-state index contributed by atoms with van der Waals surface area (Å²) in [5.41, 5.74) is 7.23. The number of nitrogens with two attached hydrogens (primary N) is 1. The van der Waals surface area contributed by atoms with E-state index < -0.39 is 0 Å². The summed E-state index contributed by atoms with van der Waals surface area (Å²) < 4.78 is 2.95. The SMILES string of the molecule is Cn1ncc(Br)c1C(NN)C1C2CCc3ccccc3C21. The van der Waals surface area contributed by atoms with Crippen LogP contribution in [0.1, 0.15) is 35.2 Å². The molecule has 0 radical (unpaired) electrons. The van der Waals surface area contributed by atoms with Gasteiger partial charge in [-0.25, -0.2) is 0 Å². The molecule has 1 aromatic heterocycles. The first-order valence-corrected chi connectivity index (χ1v) is 8.23. The van der Waals surface area contributed by atoms with Crippen molar-refractivity contribution in [2.45, 2.75) is 24.8 Å². The second kappa shape index (κ2) is 4.93. The standard InChI is InChI=1S/C16H19BrN4/c1-21-16(12(17)8-19-21)15(20-18)14-11-7-6-9-4-2-3-5-10(9)13(11)14/h2-5,8,11,13-15,20H,6-7,18H2,1H3. The molecule has 1 fully saturated rings. The minimum absolute atomic E-state index is 0.146. The first-order valence-electron chi connectivity index (χ1n) is 7.43. The quantitative estimate of drug-likeness (QED) is 0.663. The molecule has 110 valence electrons. The second-order valence-electron chi connectivity index (χ2n) is 6.15. The Bertz CT molecular complexity index is 661. The molecule has 0 aliphatic heterocycles. The number of rotatable bonds is 3. The second-order valence-corrected chi connectivity index (χ2v) is 7.00. The van der Waals surface area contributed by atoms with Crippen LogP contribution >= 0.6 is 15.9 Å². The first-order chi connectivity index (χ1) is 10.2. The zero-order valence-electron chi connectivity index (χ0n) is 12.0. The number of hydrogen-bond acceptors (Lipinski definition) is 3. The largest absolute Gasteiger partial charge is 0.271 e. The van der Waals surface area contributed by atoms with Gasteiger partial charge in [0, 0.05) is 7.05 Å². The third kappa shape index (κ3) is 1.99. The summed E-state index contributed by atoms with van der Waals surface area (Å²) in [6.45, 7) is 0. The number of aromatic nitrogens is 2. The minimum Gasteiger partial charge on any atom is -0.271 e. The number of hydrazine groups is 1. The van der Waals surface area contributed by atoms with Crippen LogP contribution in [0.4, 0.5) is 0 Å². The smallest absolute Gasteiger partial charge is 0.0709 e. The lowest BCUT2D eigenvalue weighted by Gasteiger charge is -2.17. The van der Waals surface area contributed by atoms with Gasteiger partial charge in [-0.2, -0.15) is 5.10 Å². The molecule has 4 atom stereocenters. The van der Waals surface area contributed by atoms with E-state index in [9.17, 15) is 0 Å². The predicted octanol–water partition coefficient (Wildman–Crippen LogP) is 2.66. The average molecular weight is 347 g/mol. The van der Waals surface area contributed by atoms with Crippen molar-refractivity contribution >= 4 is 15.9 Å². The molecule has 1 heterocycles. The third-order valence-electron chi connectivity index (χ3n) is 5.19. The highest BCUT2D eigenvalue weighted by Gasteiger charge is 2.57. The van der Waals surface area contributed by atoms with Gasteiger partial charge >= 0.3 is 0 Å². The normalized spacial score (nSPS) is 27.9. The molecule has 5 heteroatoms. The predicted molar refractivity (Wildman–Crippen MR) is 85.5 cm³/mol. The number of nitrogens with zero attached hydrogens (tertiary/aromatic N) is 2. The van der Waals surface area contributed by atoms with E-state index in [-0.39, 0.29) is 6.04 Å². The molecule has 1 saturated carbocycles. The molecule has 2 aliphatic carbocycles. The fraction of sp³-hybridized carbons (Fsp3) is 0.438. The third-order valence-corrected chi connectivity index (χ3v) is 5.80. The van der Waals surface area contributed by atoms with Crippen LogP contribution in [-0.2, 0) is 13.5 Å². The van der Waals surface area contributed by atoms with E-state index in [1.54, 1.807) is 0 Å². The van der Waals surface area contributed by atoms with Crippen molar-refractivity contribution in [1.82, 2.24) is 15.2 Å². The highest BCUT2D eigenvalue weighted by atomic mass is 79.9. The summed E-state index contributed by atoms with van der Waals surface area (Å²) in [4.78, 5) is 0. The number of hydrogen-bond donors (Lipinski definition) is 2. The van der Waals surface area contributed by atoms with E-state index in [1.807, 2.05) is 17.9 Å². The molecule has 3 N–H and O–H groups in total. The van der Waals surface area contributed by atoms with Crippen LogP contribution in [0.25, 0.3) is 0 Å². The van der Waals surface area contributed by atoms with E-state index in [4.69, 9.17) is 5.84 Å². The van der Waals surface area contributed by atoms with E-state index >= 15 is 0 Å². The van der Waals surface area contributed by atoms with E-state index in [0.717, 1.165) is 16.1 Å². The van der Waals surface area contributed by atoms with Gasteiger partial charge in [0.25, 0.3) is 0 Å². The maximum atomic E-state index is 5.90. The van der Waals surface area contributed by atoms with Crippen LogP contribution in [0.3, 0.4) is 0 Å². The van der Waals surface area contributed by atoms with Gasteiger partial charge in [0.05, 0.1) is 22.4 Å². The zero-order chi connectivity index (χ0) is 14.6. The van der Waals surface area contributed by atoms with Crippen LogP contribution < -0.4 is 11.3 Å². The monoisotopic (exact) mass is 346 g/mol. The summed E-state index contributed by atoms with van der Waals surface area (Å²) in [5, 5.41) is 4.33. The van der Waals surface area contributed by atoms with Crippen molar-refractivity contribution in [1.29, 1.82) is 0 Å². The Balaban J connectivity index is 1.70. The molecule has 2 aromatic rings. The maximum absolute atomic E-state index is 5.90. The molecular formula is C16H19BrN4. The number of aryl methyl sites for hydroxylation is 2. The van der Waals surface area contributed by atoms with Crippen LogP contribution in [-0.4, -0.2) is 9.78 Å². The molecule has 4 rings (SSSR count). The summed E-state index contributed by atoms with van der Waals surface area (Å²) in [5.74, 6) is 7.84. The number of benzene rings is 1. The van der Waals surface area contributed by atoms with Gasteiger partial charge in [0.15, 0.2) is 0 Å². The van der Waals surface area contributed by atoms with E-state index in [1.165, 1.54) is 24.0 Å². The highest BCUT2D eigenvalue weighted by molar-refractivity contribution is 9.10. The first kappa shape index (κ1) is 13.5. The summed E-state index contributed by atoms with van der Waals surface area (Å²) in [6, 6.07) is 9.01. The maximum Gasteiger partial charge on any atom is 0.0709 e. The molecule has 0 bridgehead atoms. The Labute approximate surface area is 132 Å². The van der Waals surface area contributed by atoms with E-state index in [2.05, 4.69) is 50.7 Å². The molecule has 21 heavy (non-hydrogen) atoms. The highest BCUT2D eigenvalue weighted by Crippen LogP contribution is 2.64. The van der Waals surface area contributed by atoms with Crippen LogP contribution in [0.2, 0.25) is 0 Å². The van der Waals surface area contributed by atoms with Crippen molar-refractivity contribution in [3.8, 4) is 0 Å². The van der Waals surface area contributed by atoms with Crippen molar-refractivity contribution in [2.75, 3.05) is 0 Å². The lowest BCUT2D eigenvalue weighted by Crippen LogP contribution is -2.32. The Morgan fingerprint density at radius 3 is 2.95 bits per heavy atom. The van der Waals surface area contributed by atoms with Crippen LogP contribution in [0.5, 0.6) is 0 Å². The zero-order valence-corrected chi connectivity index (χ0v) is 13.5. The molecule has 4 unspecified atom stereocenters. The van der Waals surface area contributed by atoms with Gasteiger partial charge < -0.3 is 0 Å². The number of halogens is 1. The van der Waals surface area contributed by atoms with Crippen molar-refractivity contribution in [3.05, 3.63) is 51.8 Å². The molecule has 2 aliphatic rings. The average Bonchev–Trinajstić information content (AvgIpc) is 3.15. The van der Waals surface area contributed by atoms with Gasteiger partial charge in [-0.1, -0.05) is 24.3 Å². The van der Waals surface area contributed by atoms with Gasteiger partial charge in [0.2, 0.25) is 0 Å². The Morgan fingerprint density at radius 1 is 1.43 bits per heavy atom. The van der Waals surface area contributed by atoms with Crippen LogP contribution in [0, 0.1) is 11.8 Å². The molecule has 0 saturated heterocycles. The molecule has 0 spiro atoms. The minimum atomic E-state index is 0.146. The van der Waals surface area contributed by atoms with E-state index in [0.29, 0.717) is 11.8 Å². The summed E-state index contributed by atoms with van der Waals surface area (Å²) in [7, 11) is 1.98. The lowest BCUT2D eigenvalue weighted by molar-refractivity contribution is 0.431. The van der Waals surface area contributed by atoms with Crippen molar-refractivity contribution in [3.63, 3.8) is 0 Å². The van der Waals surface area contributed by atoms with Crippen molar-refractivity contribution < 1.29 is 0 Å². The molecular weight excluding hydrogens is 328 g/mol. The Kier molecular flexibility index (Phi) is 3.17. The molecule has 1 aromatic carbocycles. The Morgan fingerprint density at radius 2 is 2.24 bits per heavy atom.